The largest absolute Gasteiger partial charge is 0.491 e. The van der Waals surface area contributed by atoms with Crippen LogP contribution < -0.4 is 15.4 Å². The second-order valence-corrected chi connectivity index (χ2v) is 4.62. The zero-order valence-electron chi connectivity index (χ0n) is 11.3. The molecule has 3 N–H and O–H groups in total. The molecule has 0 saturated carbocycles. The lowest BCUT2D eigenvalue weighted by Crippen LogP contribution is -2.26. The monoisotopic (exact) mass is 285 g/mol. The summed E-state index contributed by atoms with van der Waals surface area (Å²) in [5.41, 5.74) is 6.92. The predicted molar refractivity (Wildman–Crippen MR) is 77.5 cm³/mol. The van der Waals surface area contributed by atoms with E-state index < -0.39 is 0 Å². The summed E-state index contributed by atoms with van der Waals surface area (Å²) < 4.78 is 5.72. The van der Waals surface area contributed by atoms with E-state index in [1.54, 1.807) is 6.20 Å². The molecular weight excluding hydrogens is 270 g/mol. The summed E-state index contributed by atoms with van der Waals surface area (Å²) in [7, 11) is 0. The SMILES string of the molecule is NC(=NO)c1cnc(N2CCOc3ccccc3C2)cn1. The van der Waals surface area contributed by atoms with E-state index in [4.69, 9.17) is 15.7 Å². The van der Waals surface area contributed by atoms with Crippen LogP contribution in [0.25, 0.3) is 0 Å². The van der Waals surface area contributed by atoms with Crippen molar-refractivity contribution in [1.29, 1.82) is 0 Å². The third-order valence-corrected chi connectivity index (χ3v) is 3.28. The van der Waals surface area contributed by atoms with Crippen molar-refractivity contribution in [2.24, 2.45) is 10.9 Å². The van der Waals surface area contributed by atoms with Crippen molar-refractivity contribution < 1.29 is 9.94 Å². The molecule has 0 amide bonds. The first kappa shape index (κ1) is 13.2. The van der Waals surface area contributed by atoms with Gasteiger partial charge >= 0.3 is 0 Å². The first-order chi connectivity index (χ1) is 10.3. The summed E-state index contributed by atoms with van der Waals surface area (Å²) >= 11 is 0. The molecule has 0 fully saturated rings. The van der Waals surface area contributed by atoms with Crippen LogP contribution in [-0.2, 0) is 6.54 Å². The summed E-state index contributed by atoms with van der Waals surface area (Å²) in [5.74, 6) is 1.57. The van der Waals surface area contributed by atoms with E-state index in [1.807, 2.05) is 24.3 Å². The van der Waals surface area contributed by atoms with Gasteiger partial charge in [-0.3, -0.25) is 0 Å². The molecular formula is C14H15N5O2. The van der Waals surface area contributed by atoms with Crippen LogP contribution in [0, 0.1) is 0 Å². The molecule has 0 bridgehead atoms. The van der Waals surface area contributed by atoms with E-state index in [2.05, 4.69) is 20.0 Å². The number of oxime groups is 1. The Bertz CT molecular complexity index is 657. The van der Waals surface area contributed by atoms with Crippen LogP contribution in [0.3, 0.4) is 0 Å². The number of amidine groups is 1. The Morgan fingerprint density at radius 1 is 1.29 bits per heavy atom. The number of aromatic nitrogens is 2. The summed E-state index contributed by atoms with van der Waals surface area (Å²) in [4.78, 5) is 10.6. The van der Waals surface area contributed by atoms with Crippen molar-refractivity contribution >= 4 is 11.7 Å². The third kappa shape index (κ3) is 2.71. The van der Waals surface area contributed by atoms with Gasteiger partial charge in [0.15, 0.2) is 5.84 Å². The average Bonchev–Trinajstić information content (AvgIpc) is 2.76. The minimum Gasteiger partial charge on any atom is -0.491 e. The molecule has 0 radical (unpaired) electrons. The molecule has 1 aliphatic rings. The number of nitrogens with zero attached hydrogens (tertiary/aromatic N) is 4. The predicted octanol–water partition coefficient (Wildman–Crippen LogP) is 0.970. The number of anilines is 1. The van der Waals surface area contributed by atoms with E-state index in [-0.39, 0.29) is 5.84 Å². The molecule has 2 aromatic rings. The maximum absolute atomic E-state index is 8.62. The summed E-state index contributed by atoms with van der Waals surface area (Å²) in [6.45, 7) is 2.00. The second kappa shape index (κ2) is 5.66. The van der Waals surface area contributed by atoms with Crippen LogP contribution in [0.1, 0.15) is 11.3 Å². The molecule has 7 nitrogen and oxygen atoms in total. The highest BCUT2D eigenvalue weighted by molar-refractivity contribution is 5.94. The van der Waals surface area contributed by atoms with Crippen LogP contribution in [0.15, 0.2) is 41.8 Å². The minimum atomic E-state index is -0.0569. The van der Waals surface area contributed by atoms with Crippen molar-refractivity contribution in [1.82, 2.24) is 9.97 Å². The lowest BCUT2D eigenvalue weighted by atomic mass is 10.2. The number of para-hydroxylation sites is 1. The topological polar surface area (TPSA) is 96.9 Å². The van der Waals surface area contributed by atoms with Gasteiger partial charge in [-0.15, -0.1) is 0 Å². The first-order valence-corrected chi connectivity index (χ1v) is 6.53. The Morgan fingerprint density at radius 2 is 2.14 bits per heavy atom. The molecule has 0 saturated heterocycles. The van der Waals surface area contributed by atoms with Gasteiger partial charge in [0.2, 0.25) is 0 Å². The molecule has 0 aliphatic carbocycles. The lowest BCUT2D eigenvalue weighted by Gasteiger charge is -2.20. The van der Waals surface area contributed by atoms with Gasteiger partial charge < -0.3 is 20.6 Å². The van der Waals surface area contributed by atoms with Crippen LogP contribution >= 0.6 is 0 Å². The smallest absolute Gasteiger partial charge is 0.190 e. The number of hydrogen-bond donors (Lipinski definition) is 2. The minimum absolute atomic E-state index is 0.0569. The third-order valence-electron chi connectivity index (χ3n) is 3.28. The molecule has 1 aromatic carbocycles. The second-order valence-electron chi connectivity index (χ2n) is 4.62. The number of ether oxygens (including phenoxy) is 1. The molecule has 3 rings (SSSR count). The first-order valence-electron chi connectivity index (χ1n) is 6.53. The Hall–Kier alpha value is -2.83. The van der Waals surface area contributed by atoms with Gasteiger partial charge in [-0.25, -0.2) is 9.97 Å². The molecule has 2 heterocycles. The number of fused-ring (bicyclic) bond motifs is 1. The van der Waals surface area contributed by atoms with Crippen molar-refractivity contribution in [2.45, 2.75) is 6.54 Å². The zero-order valence-corrected chi connectivity index (χ0v) is 11.3. The van der Waals surface area contributed by atoms with Gasteiger partial charge in [0.1, 0.15) is 23.9 Å². The molecule has 7 heteroatoms. The van der Waals surface area contributed by atoms with Crippen molar-refractivity contribution in [2.75, 3.05) is 18.1 Å². The molecule has 0 atom stereocenters. The molecule has 1 aromatic heterocycles. The highest BCUT2D eigenvalue weighted by atomic mass is 16.5. The van der Waals surface area contributed by atoms with Crippen LogP contribution in [0.4, 0.5) is 5.82 Å². The highest BCUT2D eigenvalue weighted by Gasteiger charge is 2.16. The molecule has 0 unspecified atom stereocenters. The number of nitrogens with two attached hydrogens (primary N) is 1. The van der Waals surface area contributed by atoms with Gasteiger partial charge in [-0.2, -0.15) is 0 Å². The fourth-order valence-corrected chi connectivity index (χ4v) is 2.19. The van der Waals surface area contributed by atoms with E-state index in [0.29, 0.717) is 25.4 Å². The Balaban J connectivity index is 1.84. The van der Waals surface area contributed by atoms with Crippen molar-refractivity contribution in [3.05, 3.63) is 47.9 Å². The van der Waals surface area contributed by atoms with Gasteiger partial charge in [-0.1, -0.05) is 23.4 Å². The zero-order chi connectivity index (χ0) is 14.7. The standard InChI is InChI=1S/C14H15N5O2/c15-14(18-20)11-7-17-13(8-16-11)19-5-6-21-12-4-2-1-3-10(12)9-19/h1-4,7-8,20H,5-6,9H2,(H2,15,18). The van der Waals surface area contributed by atoms with Gasteiger partial charge in [0, 0.05) is 12.1 Å². The van der Waals surface area contributed by atoms with Crippen LogP contribution in [0.2, 0.25) is 0 Å². The Kier molecular flexibility index (Phi) is 3.55. The van der Waals surface area contributed by atoms with E-state index >= 15 is 0 Å². The lowest BCUT2D eigenvalue weighted by molar-refractivity contribution is 0.318. The fraction of sp³-hybridized carbons (Fsp3) is 0.214. The Labute approximate surface area is 121 Å². The maximum Gasteiger partial charge on any atom is 0.190 e. The molecule has 0 spiro atoms. The summed E-state index contributed by atoms with van der Waals surface area (Å²) in [5, 5.41) is 11.5. The van der Waals surface area contributed by atoms with E-state index in [9.17, 15) is 0 Å². The summed E-state index contributed by atoms with van der Waals surface area (Å²) in [6.07, 6.45) is 3.10. The van der Waals surface area contributed by atoms with Crippen molar-refractivity contribution in [3.63, 3.8) is 0 Å². The van der Waals surface area contributed by atoms with Gasteiger partial charge in [-0.05, 0) is 6.07 Å². The fourth-order valence-electron chi connectivity index (χ4n) is 2.19. The molecule has 108 valence electrons. The van der Waals surface area contributed by atoms with Crippen molar-refractivity contribution in [3.8, 4) is 5.75 Å². The normalized spacial score (nSPS) is 15.0. The van der Waals surface area contributed by atoms with E-state index in [1.165, 1.54) is 6.20 Å². The van der Waals surface area contributed by atoms with Crippen LogP contribution in [0.5, 0.6) is 5.75 Å². The number of benzene rings is 1. The van der Waals surface area contributed by atoms with Crippen LogP contribution in [-0.4, -0.2) is 34.2 Å². The van der Waals surface area contributed by atoms with E-state index in [0.717, 1.165) is 17.1 Å². The number of rotatable bonds is 2. The highest BCUT2D eigenvalue weighted by Crippen LogP contribution is 2.24. The quantitative estimate of drug-likeness (QED) is 0.369. The summed E-state index contributed by atoms with van der Waals surface area (Å²) in [6, 6.07) is 7.94. The van der Waals surface area contributed by atoms with Gasteiger partial charge in [0.05, 0.1) is 18.9 Å². The van der Waals surface area contributed by atoms with Gasteiger partial charge in [0.25, 0.3) is 0 Å². The number of hydrogen-bond acceptors (Lipinski definition) is 6. The average molecular weight is 285 g/mol. The molecule has 21 heavy (non-hydrogen) atoms. The maximum atomic E-state index is 8.62. The Morgan fingerprint density at radius 3 is 2.90 bits per heavy atom. The molecule has 1 aliphatic heterocycles.